The van der Waals surface area contributed by atoms with Crippen LogP contribution in [-0.4, -0.2) is 41.4 Å². The summed E-state index contributed by atoms with van der Waals surface area (Å²) in [6.45, 7) is 5.36. The Morgan fingerprint density at radius 3 is 2.27 bits per heavy atom. The molecule has 126 valence electrons. The van der Waals surface area contributed by atoms with Gasteiger partial charge < -0.3 is 9.84 Å². The first-order valence-corrected chi connectivity index (χ1v) is 7.65. The van der Waals surface area contributed by atoms with Crippen molar-refractivity contribution in [1.29, 1.82) is 0 Å². The summed E-state index contributed by atoms with van der Waals surface area (Å²) in [5, 5.41) is 10.1. The normalized spacial score (nSPS) is 22.9. The van der Waals surface area contributed by atoms with E-state index in [-0.39, 0.29) is 23.7 Å². The highest BCUT2D eigenvalue weighted by atomic mass is 16.8. The molecule has 0 unspecified atom stereocenters. The highest BCUT2D eigenvalue weighted by Crippen LogP contribution is 2.29. The number of rotatable bonds is 8. The summed E-state index contributed by atoms with van der Waals surface area (Å²) in [4.78, 5) is 38.7. The Bertz CT molecular complexity index is 389. The minimum atomic E-state index is -0.838. The number of hydrogen-bond donors (Lipinski definition) is 1. The number of carboxylic acids is 1. The van der Waals surface area contributed by atoms with Gasteiger partial charge in [-0.05, 0) is 31.6 Å². The molecule has 1 saturated carbocycles. The van der Waals surface area contributed by atoms with Gasteiger partial charge in [0.15, 0.2) is 0 Å². The molecule has 0 saturated heterocycles. The van der Waals surface area contributed by atoms with E-state index in [1.807, 2.05) is 0 Å². The summed E-state index contributed by atoms with van der Waals surface area (Å²) < 4.78 is 5.04. The van der Waals surface area contributed by atoms with Crippen LogP contribution >= 0.6 is 0 Å². The van der Waals surface area contributed by atoms with Gasteiger partial charge in [-0.15, -0.1) is 0 Å². The summed E-state index contributed by atoms with van der Waals surface area (Å²) in [7, 11) is 0. The number of nitrogens with zero attached hydrogens (tertiary/aromatic N) is 1. The van der Waals surface area contributed by atoms with Gasteiger partial charge in [0.25, 0.3) is 0 Å². The molecular formula is C15H25NO6. The Morgan fingerprint density at radius 2 is 1.82 bits per heavy atom. The molecule has 0 bridgehead atoms. The van der Waals surface area contributed by atoms with E-state index in [0.29, 0.717) is 25.8 Å². The molecular weight excluding hydrogens is 290 g/mol. The van der Waals surface area contributed by atoms with Crippen LogP contribution in [-0.2, 0) is 24.0 Å². The van der Waals surface area contributed by atoms with E-state index >= 15 is 0 Å². The molecule has 0 radical (unpaired) electrons. The van der Waals surface area contributed by atoms with E-state index in [4.69, 9.17) is 14.7 Å². The number of ether oxygens (including phenoxy) is 1. The first-order chi connectivity index (χ1) is 10.3. The second-order valence-corrected chi connectivity index (χ2v) is 6.03. The maximum atomic E-state index is 11.4. The van der Waals surface area contributed by atoms with Crippen LogP contribution < -0.4 is 0 Å². The Hall–Kier alpha value is -1.63. The molecule has 1 aliphatic carbocycles. The molecule has 7 heteroatoms. The molecule has 0 aliphatic heterocycles. The second-order valence-electron chi connectivity index (χ2n) is 6.03. The van der Waals surface area contributed by atoms with Crippen molar-refractivity contribution < 1.29 is 29.1 Å². The quantitative estimate of drug-likeness (QED) is 0.318. The summed E-state index contributed by atoms with van der Waals surface area (Å²) in [5.74, 6) is -1.49. The van der Waals surface area contributed by atoms with Gasteiger partial charge in [-0.1, -0.05) is 13.8 Å². The van der Waals surface area contributed by atoms with Crippen LogP contribution in [0.1, 0.15) is 46.5 Å². The average Bonchev–Trinajstić information content (AvgIpc) is 2.46. The smallest absolute Gasteiger partial charge is 0.310 e. The zero-order valence-electron chi connectivity index (χ0n) is 13.4. The monoisotopic (exact) mass is 315 g/mol. The van der Waals surface area contributed by atoms with Gasteiger partial charge in [0, 0.05) is 6.92 Å². The number of carbonyl (C=O) groups excluding carboxylic acids is 2. The number of amides is 1. The molecule has 1 amide bonds. The first-order valence-electron chi connectivity index (χ1n) is 7.65. The predicted octanol–water partition coefficient (Wildman–Crippen LogP) is 1.81. The van der Waals surface area contributed by atoms with E-state index < -0.39 is 12.3 Å². The Morgan fingerprint density at radius 1 is 1.23 bits per heavy atom. The summed E-state index contributed by atoms with van der Waals surface area (Å²) in [5.41, 5.74) is 0. The standard InChI is InChI=1S/C15H25NO6/c1-10(2)15(20)21-11(3)22-16(9-17)8-12-4-6-13(7-5-12)14(18)19/h9-13H,4-8H2,1-3H3,(H,18,19)/t11-,12?,13?/m0/s1. The summed E-state index contributed by atoms with van der Waals surface area (Å²) in [6, 6.07) is 0. The molecule has 1 fully saturated rings. The summed E-state index contributed by atoms with van der Waals surface area (Å²) >= 11 is 0. The molecule has 0 heterocycles. The van der Waals surface area contributed by atoms with Crippen LogP contribution in [0.2, 0.25) is 0 Å². The molecule has 1 rings (SSSR count). The molecule has 0 aromatic carbocycles. The minimum Gasteiger partial charge on any atom is -0.481 e. The van der Waals surface area contributed by atoms with Crippen molar-refractivity contribution >= 4 is 18.3 Å². The lowest BCUT2D eigenvalue weighted by molar-refractivity contribution is -0.256. The first kappa shape index (κ1) is 18.4. The van der Waals surface area contributed by atoms with Gasteiger partial charge in [0.1, 0.15) is 0 Å². The van der Waals surface area contributed by atoms with Crippen LogP contribution in [0.25, 0.3) is 0 Å². The van der Waals surface area contributed by atoms with Gasteiger partial charge in [0.05, 0.1) is 18.4 Å². The van der Waals surface area contributed by atoms with Crippen molar-refractivity contribution in [2.24, 2.45) is 17.8 Å². The molecule has 22 heavy (non-hydrogen) atoms. The van der Waals surface area contributed by atoms with Crippen LogP contribution in [0.5, 0.6) is 0 Å². The zero-order chi connectivity index (χ0) is 16.7. The third-order valence-electron chi connectivity index (χ3n) is 3.79. The van der Waals surface area contributed by atoms with Gasteiger partial charge in [0.2, 0.25) is 12.7 Å². The fourth-order valence-corrected chi connectivity index (χ4v) is 2.47. The minimum absolute atomic E-state index is 0.203. The van der Waals surface area contributed by atoms with Gasteiger partial charge >= 0.3 is 11.9 Å². The maximum absolute atomic E-state index is 11.4. The molecule has 1 atom stereocenters. The third-order valence-corrected chi connectivity index (χ3v) is 3.79. The molecule has 0 aromatic heterocycles. The number of hydrogen-bond acceptors (Lipinski definition) is 5. The second kappa shape index (κ2) is 8.73. The number of hydroxylamine groups is 2. The van der Waals surface area contributed by atoms with E-state index in [9.17, 15) is 14.4 Å². The molecule has 1 aliphatic rings. The Balaban J connectivity index is 2.38. The highest BCUT2D eigenvalue weighted by molar-refractivity contribution is 5.71. The average molecular weight is 315 g/mol. The largest absolute Gasteiger partial charge is 0.481 e. The lowest BCUT2D eigenvalue weighted by atomic mass is 9.82. The number of aliphatic carboxylic acids is 1. The molecule has 7 nitrogen and oxygen atoms in total. The van der Waals surface area contributed by atoms with E-state index in [0.717, 1.165) is 17.9 Å². The summed E-state index contributed by atoms with van der Waals surface area (Å²) in [6.07, 6.45) is 2.43. The van der Waals surface area contributed by atoms with Gasteiger partial charge in [-0.3, -0.25) is 14.4 Å². The van der Waals surface area contributed by atoms with Gasteiger partial charge in [-0.2, -0.15) is 0 Å². The molecule has 0 spiro atoms. The van der Waals surface area contributed by atoms with Crippen molar-refractivity contribution in [2.75, 3.05) is 6.54 Å². The van der Waals surface area contributed by atoms with Crippen LogP contribution in [0, 0.1) is 17.8 Å². The number of esters is 1. The highest BCUT2D eigenvalue weighted by Gasteiger charge is 2.27. The van der Waals surface area contributed by atoms with Gasteiger partial charge in [-0.25, -0.2) is 9.90 Å². The van der Waals surface area contributed by atoms with Crippen molar-refractivity contribution in [3.05, 3.63) is 0 Å². The fourth-order valence-electron chi connectivity index (χ4n) is 2.47. The lowest BCUT2D eigenvalue weighted by Crippen LogP contribution is -2.36. The van der Waals surface area contributed by atoms with Crippen molar-refractivity contribution in [3.63, 3.8) is 0 Å². The van der Waals surface area contributed by atoms with E-state index in [2.05, 4.69) is 0 Å². The maximum Gasteiger partial charge on any atom is 0.310 e. The topological polar surface area (TPSA) is 93.1 Å². The SMILES string of the molecule is CC(C)C(=O)O[C@H](C)ON(C=O)CC1CCC(C(=O)O)CC1. The number of carboxylic acid groups (broad SMARTS) is 1. The predicted molar refractivity (Wildman–Crippen MR) is 77.3 cm³/mol. The van der Waals surface area contributed by atoms with E-state index in [1.54, 1.807) is 20.8 Å². The van der Waals surface area contributed by atoms with E-state index in [1.165, 1.54) is 0 Å². The van der Waals surface area contributed by atoms with Crippen molar-refractivity contribution in [3.8, 4) is 0 Å². The molecule has 0 aromatic rings. The zero-order valence-corrected chi connectivity index (χ0v) is 13.4. The van der Waals surface area contributed by atoms with Crippen LogP contribution in [0.4, 0.5) is 0 Å². The molecule has 1 N–H and O–H groups in total. The van der Waals surface area contributed by atoms with Crippen LogP contribution in [0.3, 0.4) is 0 Å². The van der Waals surface area contributed by atoms with Crippen LogP contribution in [0.15, 0.2) is 0 Å². The fraction of sp³-hybridized carbons (Fsp3) is 0.800. The third kappa shape index (κ3) is 6.01. The lowest BCUT2D eigenvalue weighted by Gasteiger charge is -2.30. The Kier molecular flexibility index (Phi) is 7.31. The number of carbonyl (C=O) groups is 3. The van der Waals surface area contributed by atoms with Crippen molar-refractivity contribution in [2.45, 2.75) is 52.7 Å². The Labute approximate surface area is 130 Å². The van der Waals surface area contributed by atoms with Crippen molar-refractivity contribution in [1.82, 2.24) is 5.06 Å².